The molecule has 3 rings (SSSR count). The minimum atomic E-state index is -0.433. The summed E-state index contributed by atoms with van der Waals surface area (Å²) < 4.78 is 0. The Kier molecular flexibility index (Phi) is 5.60. The highest BCUT2D eigenvalue weighted by Gasteiger charge is 2.25. The molecule has 1 N–H and O–H groups in total. The number of carbonyl (C=O) groups excluding carboxylic acids is 1. The van der Waals surface area contributed by atoms with E-state index in [0.29, 0.717) is 36.4 Å². The maximum atomic E-state index is 12.6. The van der Waals surface area contributed by atoms with Gasteiger partial charge in [-0.2, -0.15) is 0 Å². The number of aliphatic hydroxyl groups excluding tert-OH is 1. The molecular weight excluding hydrogens is 334 g/mol. The van der Waals surface area contributed by atoms with Gasteiger partial charge in [0.15, 0.2) is 5.78 Å². The number of β-amino-alcohol motifs (C(OH)–C–C–N with tert-alkyl or cyclic N) is 1. The molecule has 136 valence electrons. The molecule has 0 aliphatic carbocycles. The van der Waals surface area contributed by atoms with E-state index in [4.69, 9.17) is 5.11 Å². The van der Waals surface area contributed by atoms with E-state index >= 15 is 0 Å². The van der Waals surface area contributed by atoms with Crippen LogP contribution in [0.15, 0.2) is 48.5 Å². The van der Waals surface area contributed by atoms with Gasteiger partial charge in [-0.3, -0.25) is 19.8 Å². The van der Waals surface area contributed by atoms with Crippen LogP contribution in [0.4, 0.5) is 11.4 Å². The number of rotatable bonds is 6. The van der Waals surface area contributed by atoms with Crippen molar-refractivity contribution in [2.45, 2.75) is 0 Å². The molecule has 0 radical (unpaired) electrons. The molecule has 0 bridgehead atoms. The summed E-state index contributed by atoms with van der Waals surface area (Å²) in [6, 6.07) is 13.4. The number of piperazine rings is 1. The summed E-state index contributed by atoms with van der Waals surface area (Å²) in [5, 5.41) is 20.6. The quantitative estimate of drug-likeness (QED) is 0.484. The summed E-state index contributed by atoms with van der Waals surface area (Å²) in [5.41, 5.74) is 1.29. The molecule has 0 atom stereocenters. The Labute approximate surface area is 151 Å². The van der Waals surface area contributed by atoms with Crippen LogP contribution < -0.4 is 4.90 Å². The Morgan fingerprint density at radius 1 is 1.04 bits per heavy atom. The number of nitrogens with zero attached hydrogens (tertiary/aromatic N) is 3. The first-order chi connectivity index (χ1) is 12.6. The summed E-state index contributed by atoms with van der Waals surface area (Å²) in [4.78, 5) is 27.8. The standard InChI is InChI=1S/C19H21N3O4/c23-13-12-20-8-10-21(11-9-20)17-7-6-16(14-18(17)22(25)26)19(24)15-4-2-1-3-5-15/h1-7,14,23H,8-13H2. The fraction of sp³-hybridized carbons (Fsp3) is 0.316. The van der Waals surface area contributed by atoms with Gasteiger partial charge in [0.2, 0.25) is 0 Å². The second kappa shape index (κ2) is 8.07. The van der Waals surface area contributed by atoms with Crippen molar-refractivity contribution in [1.29, 1.82) is 0 Å². The van der Waals surface area contributed by atoms with Gasteiger partial charge in [-0.25, -0.2) is 0 Å². The molecule has 26 heavy (non-hydrogen) atoms. The van der Waals surface area contributed by atoms with Gasteiger partial charge in [-0.05, 0) is 12.1 Å². The predicted octanol–water partition coefficient (Wildman–Crippen LogP) is 1.94. The van der Waals surface area contributed by atoms with Crippen molar-refractivity contribution in [3.05, 3.63) is 69.8 Å². The maximum Gasteiger partial charge on any atom is 0.293 e. The number of benzene rings is 2. The summed E-state index contributed by atoms with van der Waals surface area (Å²) in [7, 11) is 0. The molecule has 2 aromatic carbocycles. The summed E-state index contributed by atoms with van der Waals surface area (Å²) >= 11 is 0. The third-order valence-electron chi connectivity index (χ3n) is 4.60. The van der Waals surface area contributed by atoms with Gasteiger partial charge in [0.25, 0.3) is 5.69 Å². The zero-order chi connectivity index (χ0) is 18.5. The van der Waals surface area contributed by atoms with Crippen LogP contribution in [0.3, 0.4) is 0 Å². The van der Waals surface area contributed by atoms with E-state index in [9.17, 15) is 14.9 Å². The topological polar surface area (TPSA) is 86.9 Å². The van der Waals surface area contributed by atoms with Crippen LogP contribution in [0.1, 0.15) is 15.9 Å². The van der Waals surface area contributed by atoms with Crippen LogP contribution in [0.25, 0.3) is 0 Å². The van der Waals surface area contributed by atoms with Gasteiger partial charge >= 0.3 is 0 Å². The first-order valence-corrected chi connectivity index (χ1v) is 8.56. The van der Waals surface area contributed by atoms with Crippen molar-refractivity contribution >= 4 is 17.2 Å². The average molecular weight is 355 g/mol. The Bertz CT molecular complexity index is 787. The minimum absolute atomic E-state index is 0.0533. The number of aliphatic hydroxyl groups is 1. The SMILES string of the molecule is O=C(c1ccccc1)c1ccc(N2CCN(CCO)CC2)c([N+](=O)[O-])c1. The molecule has 1 aliphatic rings. The zero-order valence-electron chi connectivity index (χ0n) is 14.4. The lowest BCUT2D eigenvalue weighted by atomic mass is 10.0. The van der Waals surface area contributed by atoms with E-state index in [-0.39, 0.29) is 18.1 Å². The Morgan fingerprint density at radius 2 is 1.73 bits per heavy atom. The van der Waals surface area contributed by atoms with Crippen molar-refractivity contribution in [2.75, 3.05) is 44.2 Å². The molecule has 7 nitrogen and oxygen atoms in total. The number of nitro groups is 1. The predicted molar refractivity (Wildman–Crippen MR) is 98.7 cm³/mol. The number of nitro benzene ring substituents is 1. The molecule has 2 aromatic rings. The summed E-state index contributed by atoms with van der Waals surface area (Å²) in [6.45, 7) is 3.49. The van der Waals surface area contributed by atoms with Crippen LogP contribution >= 0.6 is 0 Å². The Morgan fingerprint density at radius 3 is 2.35 bits per heavy atom. The van der Waals surface area contributed by atoms with E-state index in [2.05, 4.69) is 4.90 Å². The molecule has 1 aliphatic heterocycles. The number of hydrogen-bond acceptors (Lipinski definition) is 6. The monoisotopic (exact) mass is 355 g/mol. The second-order valence-corrected chi connectivity index (χ2v) is 6.21. The van der Waals surface area contributed by atoms with Gasteiger partial charge in [-0.15, -0.1) is 0 Å². The lowest BCUT2D eigenvalue weighted by Gasteiger charge is -2.35. The van der Waals surface area contributed by atoms with E-state index in [1.165, 1.54) is 6.07 Å². The van der Waals surface area contributed by atoms with E-state index in [1.54, 1.807) is 36.4 Å². The first-order valence-electron chi connectivity index (χ1n) is 8.56. The van der Waals surface area contributed by atoms with E-state index < -0.39 is 4.92 Å². The van der Waals surface area contributed by atoms with E-state index in [0.717, 1.165) is 13.1 Å². The molecule has 1 saturated heterocycles. The third-order valence-corrected chi connectivity index (χ3v) is 4.60. The van der Waals surface area contributed by atoms with Crippen molar-refractivity contribution < 1.29 is 14.8 Å². The summed E-state index contributed by atoms with van der Waals surface area (Å²) in [6.07, 6.45) is 0. The number of hydrogen-bond donors (Lipinski definition) is 1. The van der Waals surface area contributed by atoms with Crippen LogP contribution in [0.2, 0.25) is 0 Å². The van der Waals surface area contributed by atoms with Crippen molar-refractivity contribution in [1.82, 2.24) is 4.90 Å². The van der Waals surface area contributed by atoms with Crippen molar-refractivity contribution in [2.24, 2.45) is 0 Å². The third kappa shape index (κ3) is 3.89. The molecular formula is C19H21N3O4. The van der Waals surface area contributed by atoms with Gasteiger partial charge < -0.3 is 10.0 Å². The molecule has 0 unspecified atom stereocenters. The van der Waals surface area contributed by atoms with Crippen molar-refractivity contribution in [3.8, 4) is 0 Å². The molecule has 1 fully saturated rings. The number of carbonyl (C=O) groups is 1. The molecule has 0 spiro atoms. The highest BCUT2D eigenvalue weighted by Crippen LogP contribution is 2.30. The highest BCUT2D eigenvalue weighted by molar-refractivity contribution is 6.09. The van der Waals surface area contributed by atoms with Gasteiger partial charge in [0.05, 0.1) is 11.5 Å². The maximum absolute atomic E-state index is 12.6. The number of anilines is 1. The smallest absolute Gasteiger partial charge is 0.293 e. The fourth-order valence-corrected chi connectivity index (χ4v) is 3.19. The second-order valence-electron chi connectivity index (χ2n) is 6.21. The van der Waals surface area contributed by atoms with Crippen molar-refractivity contribution in [3.63, 3.8) is 0 Å². The fourth-order valence-electron chi connectivity index (χ4n) is 3.19. The van der Waals surface area contributed by atoms with Crippen LogP contribution in [0.5, 0.6) is 0 Å². The molecule has 0 aromatic heterocycles. The van der Waals surface area contributed by atoms with Crippen LogP contribution in [-0.2, 0) is 0 Å². The molecule has 1 heterocycles. The Hall–Kier alpha value is -2.77. The van der Waals surface area contributed by atoms with Crippen LogP contribution in [-0.4, -0.2) is 60.0 Å². The van der Waals surface area contributed by atoms with Crippen LogP contribution in [0, 0.1) is 10.1 Å². The largest absolute Gasteiger partial charge is 0.395 e. The number of ketones is 1. The lowest BCUT2D eigenvalue weighted by molar-refractivity contribution is -0.384. The molecule has 7 heteroatoms. The first kappa shape index (κ1) is 18.0. The van der Waals surface area contributed by atoms with Gasteiger partial charge in [-0.1, -0.05) is 30.3 Å². The highest BCUT2D eigenvalue weighted by atomic mass is 16.6. The van der Waals surface area contributed by atoms with E-state index in [1.807, 2.05) is 11.0 Å². The lowest BCUT2D eigenvalue weighted by Crippen LogP contribution is -2.47. The molecule has 0 amide bonds. The summed E-state index contributed by atoms with van der Waals surface area (Å²) in [5.74, 6) is -0.229. The molecule has 0 saturated carbocycles. The van der Waals surface area contributed by atoms with Gasteiger partial charge in [0.1, 0.15) is 5.69 Å². The minimum Gasteiger partial charge on any atom is -0.395 e. The average Bonchev–Trinajstić information content (AvgIpc) is 2.68. The Balaban J connectivity index is 1.84. The normalized spacial score (nSPS) is 15.0. The van der Waals surface area contributed by atoms with Gasteiger partial charge in [0, 0.05) is 49.9 Å². The zero-order valence-corrected chi connectivity index (χ0v) is 14.4.